The molecule has 2 aromatic rings. The van der Waals surface area contributed by atoms with Crippen LogP contribution in [0.2, 0.25) is 0 Å². The van der Waals surface area contributed by atoms with Crippen LogP contribution in [0.25, 0.3) is 0 Å². The molecule has 28 heavy (non-hydrogen) atoms. The Hall–Kier alpha value is -2.78. The Balaban J connectivity index is 1.73. The van der Waals surface area contributed by atoms with Gasteiger partial charge in [-0.25, -0.2) is 9.78 Å². The maximum atomic E-state index is 12.9. The molecule has 0 amide bonds. The first-order valence-corrected chi connectivity index (χ1v) is 9.03. The number of nitrogens with one attached hydrogen (secondary N) is 1. The number of anilines is 2. The Labute approximate surface area is 159 Å². The van der Waals surface area contributed by atoms with E-state index in [2.05, 4.69) is 9.97 Å². The van der Waals surface area contributed by atoms with Gasteiger partial charge in [-0.05, 0) is 18.1 Å². The molecule has 10 heteroatoms. The van der Waals surface area contributed by atoms with Gasteiger partial charge in [-0.15, -0.1) is 0 Å². The summed E-state index contributed by atoms with van der Waals surface area (Å²) >= 11 is 0. The molecule has 0 radical (unpaired) electrons. The van der Waals surface area contributed by atoms with Crippen LogP contribution in [0.5, 0.6) is 0 Å². The van der Waals surface area contributed by atoms with E-state index in [1.165, 1.54) is 12.1 Å². The molecule has 3 rings (SSSR count). The lowest BCUT2D eigenvalue weighted by atomic mass is 10.2. The fourth-order valence-electron chi connectivity index (χ4n) is 3.15. The zero-order valence-electron chi connectivity index (χ0n) is 15.7. The lowest BCUT2D eigenvalue weighted by Gasteiger charge is -2.36. The fourth-order valence-corrected chi connectivity index (χ4v) is 3.15. The van der Waals surface area contributed by atoms with Crippen molar-refractivity contribution in [3.63, 3.8) is 0 Å². The minimum Gasteiger partial charge on any atom is -0.354 e. The normalized spacial score (nSPS) is 15.4. The molecule has 1 fully saturated rings. The van der Waals surface area contributed by atoms with Crippen molar-refractivity contribution in [1.29, 1.82) is 0 Å². The molecule has 0 aromatic carbocycles. The molecule has 3 heterocycles. The second-order valence-corrected chi connectivity index (χ2v) is 7.16. The van der Waals surface area contributed by atoms with Gasteiger partial charge in [0.15, 0.2) is 0 Å². The first kappa shape index (κ1) is 20.0. The van der Waals surface area contributed by atoms with Gasteiger partial charge in [-0.1, -0.05) is 19.9 Å². The third-order valence-corrected chi connectivity index (χ3v) is 4.52. The summed E-state index contributed by atoms with van der Waals surface area (Å²) in [5.74, 6) is 0.843. The second kappa shape index (κ2) is 7.69. The van der Waals surface area contributed by atoms with Gasteiger partial charge in [0.2, 0.25) is 0 Å². The van der Waals surface area contributed by atoms with E-state index in [-0.39, 0.29) is 17.3 Å². The van der Waals surface area contributed by atoms with E-state index in [0.717, 1.165) is 10.6 Å². The molecule has 1 aliphatic rings. The van der Waals surface area contributed by atoms with Crippen molar-refractivity contribution in [2.75, 3.05) is 36.0 Å². The lowest BCUT2D eigenvalue weighted by Crippen LogP contribution is -2.48. The number of halogens is 3. The maximum Gasteiger partial charge on any atom is 0.433 e. The summed E-state index contributed by atoms with van der Waals surface area (Å²) < 4.78 is 39.7. The van der Waals surface area contributed by atoms with E-state index in [9.17, 15) is 22.8 Å². The molecule has 0 unspecified atom stereocenters. The standard InChI is InChI=1S/C18H22F3N5O2/c1-12(2)11-26-16(27)10-15(23-17(26)28)25-8-6-24(7-9-25)14-5-3-4-13(22-14)18(19,20)21/h3-5,10,12H,6-9,11H2,1-2H3,(H,23,28). The SMILES string of the molecule is CC(C)Cn1c(=O)cc(N2CCN(c3cccc(C(F)(F)F)n3)CC2)[nH]c1=O. The number of rotatable bonds is 4. The summed E-state index contributed by atoms with van der Waals surface area (Å²) in [4.78, 5) is 34.5. The number of aromatic nitrogens is 3. The van der Waals surface area contributed by atoms with Gasteiger partial charge in [-0.3, -0.25) is 14.3 Å². The number of alkyl halides is 3. The van der Waals surface area contributed by atoms with E-state index in [0.29, 0.717) is 38.5 Å². The van der Waals surface area contributed by atoms with Crippen LogP contribution in [0.4, 0.5) is 24.8 Å². The largest absolute Gasteiger partial charge is 0.433 e. The number of aromatic amines is 1. The minimum atomic E-state index is -4.49. The molecule has 0 atom stereocenters. The van der Waals surface area contributed by atoms with Crippen molar-refractivity contribution in [2.45, 2.75) is 26.6 Å². The van der Waals surface area contributed by atoms with Gasteiger partial charge >= 0.3 is 11.9 Å². The smallest absolute Gasteiger partial charge is 0.354 e. The van der Waals surface area contributed by atoms with Gasteiger partial charge in [0.25, 0.3) is 5.56 Å². The quantitative estimate of drug-likeness (QED) is 0.854. The number of piperazine rings is 1. The molecule has 7 nitrogen and oxygen atoms in total. The maximum absolute atomic E-state index is 12.9. The van der Waals surface area contributed by atoms with Crippen molar-refractivity contribution < 1.29 is 13.2 Å². The van der Waals surface area contributed by atoms with E-state index in [4.69, 9.17) is 0 Å². The van der Waals surface area contributed by atoms with Crippen molar-refractivity contribution >= 4 is 11.6 Å². The highest BCUT2D eigenvalue weighted by Gasteiger charge is 2.33. The summed E-state index contributed by atoms with van der Waals surface area (Å²) in [6.45, 7) is 5.91. The van der Waals surface area contributed by atoms with Crippen LogP contribution < -0.4 is 21.0 Å². The monoisotopic (exact) mass is 397 g/mol. The van der Waals surface area contributed by atoms with Crippen molar-refractivity contribution in [1.82, 2.24) is 14.5 Å². The molecule has 1 saturated heterocycles. The molecule has 1 N–H and O–H groups in total. The molecule has 2 aromatic heterocycles. The topological polar surface area (TPSA) is 74.2 Å². The highest BCUT2D eigenvalue weighted by molar-refractivity contribution is 5.45. The summed E-state index contributed by atoms with van der Waals surface area (Å²) in [6, 6.07) is 5.21. The summed E-state index contributed by atoms with van der Waals surface area (Å²) in [6.07, 6.45) is -4.49. The van der Waals surface area contributed by atoms with Gasteiger partial charge in [-0.2, -0.15) is 13.2 Å². The van der Waals surface area contributed by atoms with Gasteiger partial charge in [0, 0.05) is 38.8 Å². The molecule has 1 aliphatic heterocycles. The number of pyridine rings is 1. The van der Waals surface area contributed by atoms with Crippen LogP contribution in [0.3, 0.4) is 0 Å². The minimum absolute atomic E-state index is 0.160. The van der Waals surface area contributed by atoms with E-state index in [1.54, 1.807) is 11.0 Å². The number of hydrogen-bond donors (Lipinski definition) is 1. The van der Waals surface area contributed by atoms with Crippen molar-refractivity contribution in [3.8, 4) is 0 Å². The number of hydrogen-bond acceptors (Lipinski definition) is 5. The third kappa shape index (κ3) is 4.37. The van der Waals surface area contributed by atoms with Crippen LogP contribution in [0, 0.1) is 5.92 Å². The third-order valence-electron chi connectivity index (χ3n) is 4.52. The fraction of sp³-hybridized carbons (Fsp3) is 0.500. The van der Waals surface area contributed by atoms with Crippen LogP contribution in [-0.2, 0) is 12.7 Å². The van der Waals surface area contributed by atoms with Gasteiger partial charge in [0.1, 0.15) is 17.3 Å². The first-order valence-electron chi connectivity index (χ1n) is 9.03. The molecule has 152 valence electrons. The Bertz CT molecular complexity index is 912. The molecule has 0 aliphatic carbocycles. The first-order chi connectivity index (χ1) is 13.1. The highest BCUT2D eigenvalue weighted by atomic mass is 19.4. The predicted molar refractivity (Wildman–Crippen MR) is 99.8 cm³/mol. The summed E-state index contributed by atoms with van der Waals surface area (Å²) in [5.41, 5.74) is -1.75. The average molecular weight is 397 g/mol. The zero-order chi connectivity index (χ0) is 20.5. The second-order valence-electron chi connectivity index (χ2n) is 7.16. The Morgan fingerprint density at radius 2 is 1.75 bits per heavy atom. The predicted octanol–water partition coefficient (Wildman–Crippen LogP) is 1.93. The van der Waals surface area contributed by atoms with Gasteiger partial charge in [0.05, 0.1) is 0 Å². The van der Waals surface area contributed by atoms with Gasteiger partial charge < -0.3 is 9.80 Å². The molecule has 0 bridgehead atoms. The van der Waals surface area contributed by atoms with Crippen molar-refractivity contribution in [3.05, 3.63) is 50.8 Å². The number of nitrogens with zero attached hydrogens (tertiary/aromatic N) is 4. The van der Waals surface area contributed by atoms with Crippen LogP contribution >= 0.6 is 0 Å². The van der Waals surface area contributed by atoms with Crippen LogP contribution in [0.15, 0.2) is 33.9 Å². The average Bonchev–Trinajstić information content (AvgIpc) is 2.64. The van der Waals surface area contributed by atoms with E-state index in [1.807, 2.05) is 18.7 Å². The zero-order valence-corrected chi connectivity index (χ0v) is 15.7. The van der Waals surface area contributed by atoms with Crippen molar-refractivity contribution in [2.24, 2.45) is 5.92 Å². The van der Waals surface area contributed by atoms with Crippen LogP contribution in [-0.4, -0.2) is 40.7 Å². The lowest BCUT2D eigenvalue weighted by molar-refractivity contribution is -0.141. The Kier molecular flexibility index (Phi) is 5.48. The Morgan fingerprint density at radius 1 is 1.11 bits per heavy atom. The van der Waals surface area contributed by atoms with Crippen LogP contribution in [0.1, 0.15) is 19.5 Å². The molecule has 0 spiro atoms. The molecular formula is C18H22F3N5O2. The number of H-pyrrole nitrogens is 1. The summed E-state index contributed by atoms with van der Waals surface area (Å²) in [5, 5.41) is 0. The molecule has 0 saturated carbocycles. The highest BCUT2D eigenvalue weighted by Crippen LogP contribution is 2.29. The summed E-state index contributed by atoms with van der Waals surface area (Å²) in [7, 11) is 0. The molecular weight excluding hydrogens is 375 g/mol. The van der Waals surface area contributed by atoms with E-state index < -0.39 is 17.6 Å². The van der Waals surface area contributed by atoms with E-state index >= 15 is 0 Å². The Morgan fingerprint density at radius 3 is 2.32 bits per heavy atom.